The van der Waals surface area contributed by atoms with Gasteiger partial charge in [-0.15, -0.1) is 0 Å². The summed E-state index contributed by atoms with van der Waals surface area (Å²) in [6.07, 6.45) is 0. The second-order valence-corrected chi connectivity index (χ2v) is 5.63. The molecule has 0 radical (unpaired) electrons. The van der Waals surface area contributed by atoms with Gasteiger partial charge in [-0.2, -0.15) is 0 Å². The lowest BCUT2D eigenvalue weighted by molar-refractivity contribution is 0.618. The van der Waals surface area contributed by atoms with Crippen molar-refractivity contribution in [3.8, 4) is 0 Å². The van der Waals surface area contributed by atoms with Crippen molar-refractivity contribution in [2.45, 2.75) is 19.9 Å². The summed E-state index contributed by atoms with van der Waals surface area (Å²) < 4.78 is 14.7. The molecule has 0 aliphatic heterocycles. The second-order valence-electron chi connectivity index (χ2n) is 4.38. The molecule has 2 rings (SSSR count). The third-order valence-electron chi connectivity index (χ3n) is 2.93. The Balaban J connectivity index is 2.13. The lowest BCUT2D eigenvalue weighted by Gasteiger charge is -2.16. The highest BCUT2D eigenvalue weighted by Crippen LogP contribution is 2.21. The Bertz CT molecular complexity index is 537. The van der Waals surface area contributed by atoms with Crippen LogP contribution in [-0.4, -0.2) is 0 Å². The number of rotatable bonds is 3. The molecule has 1 nitrogen and oxygen atoms in total. The lowest BCUT2D eigenvalue weighted by Crippen LogP contribution is -2.06. The van der Waals surface area contributed by atoms with Crippen LogP contribution in [0.3, 0.4) is 0 Å². The fraction of sp³-hybridized carbons (Fsp3) is 0.200. The summed E-state index contributed by atoms with van der Waals surface area (Å²) in [5.74, 6) is -0.171. The molecular weight excluding hydrogens is 340 g/mol. The number of aryl methyl sites for hydroxylation is 1. The van der Waals surface area contributed by atoms with Crippen molar-refractivity contribution in [2.24, 2.45) is 0 Å². The van der Waals surface area contributed by atoms with Crippen LogP contribution >= 0.6 is 22.6 Å². The standard InChI is InChI=1S/C15H15FIN/c1-10-3-8-14(9-15(10)16)18-11(2)12-4-6-13(17)7-5-12/h3-9,11,18H,1-2H3. The van der Waals surface area contributed by atoms with Gasteiger partial charge in [-0.05, 0) is 71.8 Å². The minimum atomic E-state index is -0.171. The number of nitrogens with one attached hydrogen (secondary N) is 1. The predicted molar refractivity (Wildman–Crippen MR) is 82.3 cm³/mol. The van der Waals surface area contributed by atoms with Crippen molar-refractivity contribution in [3.05, 3.63) is 63.0 Å². The van der Waals surface area contributed by atoms with Crippen LogP contribution in [0.5, 0.6) is 0 Å². The van der Waals surface area contributed by atoms with E-state index in [-0.39, 0.29) is 11.9 Å². The van der Waals surface area contributed by atoms with E-state index in [0.717, 1.165) is 5.69 Å². The predicted octanol–water partition coefficient (Wildman–Crippen LogP) is 4.91. The van der Waals surface area contributed by atoms with Crippen LogP contribution in [0.4, 0.5) is 10.1 Å². The van der Waals surface area contributed by atoms with Crippen LogP contribution in [0, 0.1) is 16.3 Å². The molecule has 3 heteroatoms. The van der Waals surface area contributed by atoms with E-state index < -0.39 is 0 Å². The van der Waals surface area contributed by atoms with Crippen molar-refractivity contribution in [3.63, 3.8) is 0 Å². The minimum Gasteiger partial charge on any atom is -0.378 e. The van der Waals surface area contributed by atoms with E-state index in [4.69, 9.17) is 0 Å². The van der Waals surface area contributed by atoms with Gasteiger partial charge in [0.05, 0.1) is 0 Å². The van der Waals surface area contributed by atoms with E-state index in [1.165, 1.54) is 9.13 Å². The first-order valence-corrected chi connectivity index (χ1v) is 6.92. The zero-order valence-electron chi connectivity index (χ0n) is 10.4. The molecule has 2 aromatic rings. The van der Waals surface area contributed by atoms with Gasteiger partial charge in [-0.25, -0.2) is 4.39 Å². The van der Waals surface area contributed by atoms with Crippen molar-refractivity contribution < 1.29 is 4.39 Å². The fourth-order valence-corrected chi connectivity index (χ4v) is 2.13. The summed E-state index contributed by atoms with van der Waals surface area (Å²) in [5.41, 5.74) is 2.67. The van der Waals surface area contributed by atoms with Gasteiger partial charge < -0.3 is 5.32 Å². The first kappa shape index (κ1) is 13.3. The molecule has 2 aromatic carbocycles. The Hall–Kier alpha value is -1.10. The maximum absolute atomic E-state index is 13.4. The molecule has 0 aromatic heterocycles. The van der Waals surface area contributed by atoms with Gasteiger partial charge in [0, 0.05) is 15.3 Å². The Morgan fingerprint density at radius 3 is 2.39 bits per heavy atom. The van der Waals surface area contributed by atoms with Crippen molar-refractivity contribution in [1.82, 2.24) is 0 Å². The Kier molecular flexibility index (Phi) is 4.22. The molecule has 0 heterocycles. The van der Waals surface area contributed by atoms with Gasteiger partial charge in [-0.3, -0.25) is 0 Å². The van der Waals surface area contributed by atoms with E-state index in [2.05, 4.69) is 59.1 Å². The van der Waals surface area contributed by atoms with Gasteiger partial charge in [0.1, 0.15) is 5.82 Å². The summed E-state index contributed by atoms with van der Waals surface area (Å²) in [6.45, 7) is 3.83. The van der Waals surface area contributed by atoms with Gasteiger partial charge in [0.15, 0.2) is 0 Å². The van der Waals surface area contributed by atoms with Gasteiger partial charge in [0.2, 0.25) is 0 Å². The number of halogens is 2. The molecule has 0 spiro atoms. The van der Waals surface area contributed by atoms with E-state index in [1.807, 2.05) is 6.07 Å². The normalized spacial score (nSPS) is 12.2. The smallest absolute Gasteiger partial charge is 0.128 e. The van der Waals surface area contributed by atoms with E-state index >= 15 is 0 Å². The second kappa shape index (κ2) is 5.69. The minimum absolute atomic E-state index is 0.157. The van der Waals surface area contributed by atoms with Gasteiger partial charge in [-0.1, -0.05) is 18.2 Å². The van der Waals surface area contributed by atoms with Crippen LogP contribution in [0.2, 0.25) is 0 Å². The van der Waals surface area contributed by atoms with Crippen molar-refractivity contribution >= 4 is 28.3 Å². The molecule has 0 aliphatic rings. The largest absolute Gasteiger partial charge is 0.378 e. The quantitative estimate of drug-likeness (QED) is 0.772. The first-order chi connectivity index (χ1) is 8.56. The van der Waals surface area contributed by atoms with Crippen LogP contribution in [0.1, 0.15) is 24.1 Å². The first-order valence-electron chi connectivity index (χ1n) is 5.84. The molecule has 1 unspecified atom stereocenters. The molecular formula is C15H15FIN. The molecule has 0 saturated carbocycles. The highest BCUT2D eigenvalue weighted by atomic mass is 127. The number of benzene rings is 2. The Morgan fingerprint density at radius 1 is 1.11 bits per heavy atom. The van der Waals surface area contributed by atoms with Crippen molar-refractivity contribution in [1.29, 1.82) is 0 Å². The molecule has 0 amide bonds. The van der Waals surface area contributed by atoms with Crippen LogP contribution in [-0.2, 0) is 0 Å². The fourth-order valence-electron chi connectivity index (χ4n) is 1.77. The molecule has 18 heavy (non-hydrogen) atoms. The summed E-state index contributed by atoms with van der Waals surface area (Å²) in [6, 6.07) is 13.7. The monoisotopic (exact) mass is 355 g/mol. The topological polar surface area (TPSA) is 12.0 Å². The molecule has 0 aliphatic carbocycles. The number of hydrogen-bond acceptors (Lipinski definition) is 1. The van der Waals surface area contributed by atoms with Gasteiger partial charge in [0.25, 0.3) is 0 Å². The third-order valence-corrected chi connectivity index (χ3v) is 3.64. The molecule has 0 saturated heterocycles. The zero-order valence-corrected chi connectivity index (χ0v) is 12.5. The molecule has 1 N–H and O–H groups in total. The van der Waals surface area contributed by atoms with Crippen LogP contribution < -0.4 is 5.32 Å². The van der Waals surface area contributed by atoms with Crippen molar-refractivity contribution in [2.75, 3.05) is 5.32 Å². The SMILES string of the molecule is Cc1ccc(NC(C)c2ccc(I)cc2)cc1F. The Morgan fingerprint density at radius 2 is 1.78 bits per heavy atom. The Labute approximate surface area is 121 Å². The van der Waals surface area contributed by atoms with Gasteiger partial charge >= 0.3 is 0 Å². The number of anilines is 1. The summed E-state index contributed by atoms with van der Waals surface area (Å²) >= 11 is 2.28. The average Bonchev–Trinajstić information content (AvgIpc) is 2.34. The molecule has 1 atom stereocenters. The van der Waals surface area contributed by atoms with E-state index in [0.29, 0.717) is 5.56 Å². The third kappa shape index (κ3) is 3.22. The summed E-state index contributed by atoms with van der Waals surface area (Å²) in [4.78, 5) is 0. The zero-order chi connectivity index (χ0) is 13.1. The summed E-state index contributed by atoms with van der Waals surface area (Å²) in [7, 11) is 0. The van der Waals surface area contributed by atoms with E-state index in [1.54, 1.807) is 19.1 Å². The number of hydrogen-bond donors (Lipinski definition) is 1. The summed E-state index contributed by atoms with van der Waals surface area (Å²) in [5, 5.41) is 3.30. The highest BCUT2D eigenvalue weighted by Gasteiger charge is 2.06. The average molecular weight is 355 g/mol. The highest BCUT2D eigenvalue weighted by molar-refractivity contribution is 14.1. The maximum Gasteiger partial charge on any atom is 0.128 e. The van der Waals surface area contributed by atoms with Crippen LogP contribution in [0.25, 0.3) is 0 Å². The lowest BCUT2D eigenvalue weighted by atomic mass is 10.1. The molecule has 94 valence electrons. The van der Waals surface area contributed by atoms with E-state index in [9.17, 15) is 4.39 Å². The maximum atomic E-state index is 13.4. The molecule has 0 fully saturated rings. The van der Waals surface area contributed by atoms with Crippen LogP contribution in [0.15, 0.2) is 42.5 Å². The molecule has 0 bridgehead atoms.